The van der Waals surface area contributed by atoms with E-state index in [-0.39, 0.29) is 5.92 Å². The van der Waals surface area contributed by atoms with E-state index in [0.717, 1.165) is 50.6 Å². The van der Waals surface area contributed by atoms with Gasteiger partial charge in [0.25, 0.3) is 0 Å². The number of anilines is 1. The first-order valence-corrected chi connectivity index (χ1v) is 6.82. The van der Waals surface area contributed by atoms with Crippen molar-refractivity contribution in [1.29, 1.82) is 0 Å². The highest BCUT2D eigenvalue weighted by atomic mass is 16.5. The quantitative estimate of drug-likeness (QED) is 0.819. The van der Waals surface area contributed by atoms with Crippen LogP contribution in [0.2, 0.25) is 0 Å². The van der Waals surface area contributed by atoms with Crippen molar-refractivity contribution in [3.8, 4) is 5.75 Å². The molecule has 2 aliphatic rings. The van der Waals surface area contributed by atoms with Crippen LogP contribution in [-0.4, -0.2) is 49.1 Å². The van der Waals surface area contributed by atoms with Crippen molar-refractivity contribution in [2.45, 2.75) is 12.8 Å². The van der Waals surface area contributed by atoms with E-state index in [4.69, 9.17) is 4.74 Å². The van der Waals surface area contributed by atoms with Gasteiger partial charge in [-0.05, 0) is 25.0 Å². The van der Waals surface area contributed by atoms with E-state index in [1.54, 1.807) is 13.3 Å². The highest BCUT2D eigenvalue weighted by Crippen LogP contribution is 2.31. The lowest BCUT2D eigenvalue weighted by Crippen LogP contribution is -2.54. The largest absolute Gasteiger partial charge is 0.493 e. The van der Waals surface area contributed by atoms with E-state index in [1.807, 2.05) is 17.0 Å². The number of carbonyl (C=O) groups is 1. The highest BCUT2D eigenvalue weighted by molar-refractivity contribution is 5.82. The first kappa shape index (κ1) is 12.3. The monoisotopic (exact) mass is 261 g/mol. The molecular formula is C14H19N3O2. The summed E-state index contributed by atoms with van der Waals surface area (Å²) in [6, 6.07) is 3.76. The number of rotatable bonds is 3. The summed E-state index contributed by atoms with van der Waals surface area (Å²) in [5.41, 5.74) is 0. The second kappa shape index (κ2) is 5.07. The summed E-state index contributed by atoms with van der Waals surface area (Å²) in [6.07, 6.45) is 4.06. The van der Waals surface area contributed by atoms with Crippen molar-refractivity contribution in [1.82, 2.24) is 9.88 Å². The Kier molecular flexibility index (Phi) is 3.27. The molecule has 1 aromatic rings. The zero-order valence-electron chi connectivity index (χ0n) is 11.2. The van der Waals surface area contributed by atoms with E-state index >= 15 is 0 Å². The molecule has 3 rings (SSSR count). The minimum atomic E-state index is 0.129. The summed E-state index contributed by atoms with van der Waals surface area (Å²) < 4.78 is 5.30. The van der Waals surface area contributed by atoms with Gasteiger partial charge in [0.2, 0.25) is 5.91 Å². The summed E-state index contributed by atoms with van der Waals surface area (Å²) in [5.74, 6) is 2.05. The van der Waals surface area contributed by atoms with Crippen LogP contribution in [0.3, 0.4) is 0 Å². The molecule has 102 valence electrons. The van der Waals surface area contributed by atoms with Crippen molar-refractivity contribution >= 4 is 11.7 Å². The van der Waals surface area contributed by atoms with Gasteiger partial charge < -0.3 is 14.5 Å². The number of methoxy groups -OCH3 is 1. The average Bonchev–Trinajstić information content (AvgIpc) is 2.91. The fourth-order valence-electron chi connectivity index (χ4n) is 2.78. The van der Waals surface area contributed by atoms with Crippen molar-refractivity contribution in [2.75, 3.05) is 38.2 Å². The zero-order valence-corrected chi connectivity index (χ0v) is 11.2. The zero-order chi connectivity index (χ0) is 13.2. The average molecular weight is 261 g/mol. The number of pyridine rings is 1. The Balaban J connectivity index is 1.61. The van der Waals surface area contributed by atoms with E-state index in [9.17, 15) is 4.79 Å². The molecule has 19 heavy (non-hydrogen) atoms. The smallest absolute Gasteiger partial charge is 0.229 e. The molecule has 2 saturated heterocycles. The van der Waals surface area contributed by atoms with Gasteiger partial charge in [0.15, 0.2) is 11.6 Å². The minimum absolute atomic E-state index is 0.129. The number of ether oxygens (including phenoxy) is 1. The van der Waals surface area contributed by atoms with Gasteiger partial charge in [0.05, 0.1) is 13.0 Å². The van der Waals surface area contributed by atoms with Crippen molar-refractivity contribution in [3.05, 3.63) is 18.3 Å². The third-order valence-corrected chi connectivity index (χ3v) is 3.92. The molecule has 0 saturated carbocycles. The molecular weight excluding hydrogens is 242 g/mol. The fourth-order valence-corrected chi connectivity index (χ4v) is 2.78. The Morgan fingerprint density at radius 3 is 2.79 bits per heavy atom. The van der Waals surface area contributed by atoms with Crippen molar-refractivity contribution < 1.29 is 9.53 Å². The van der Waals surface area contributed by atoms with Gasteiger partial charge in [-0.15, -0.1) is 0 Å². The van der Waals surface area contributed by atoms with Crippen LogP contribution >= 0.6 is 0 Å². The number of hydrogen-bond donors (Lipinski definition) is 0. The summed E-state index contributed by atoms with van der Waals surface area (Å²) in [6.45, 7) is 3.37. The molecule has 0 atom stereocenters. The lowest BCUT2D eigenvalue weighted by atomic mass is 9.98. The molecule has 5 heteroatoms. The first-order chi connectivity index (χ1) is 9.29. The highest BCUT2D eigenvalue weighted by Gasteiger charge is 2.37. The topological polar surface area (TPSA) is 45.7 Å². The SMILES string of the molecule is COc1cccnc1N1CC(C(=O)N2CCCC2)C1. The van der Waals surface area contributed by atoms with Crippen LogP contribution in [0.25, 0.3) is 0 Å². The van der Waals surface area contributed by atoms with Gasteiger partial charge in [-0.3, -0.25) is 4.79 Å². The molecule has 1 aromatic heterocycles. The maximum absolute atomic E-state index is 12.2. The van der Waals surface area contributed by atoms with Crippen LogP contribution in [-0.2, 0) is 4.79 Å². The number of nitrogens with zero attached hydrogens (tertiary/aromatic N) is 3. The number of likely N-dealkylation sites (tertiary alicyclic amines) is 1. The summed E-state index contributed by atoms with van der Waals surface area (Å²) in [5, 5.41) is 0. The Labute approximate surface area is 113 Å². The molecule has 0 aliphatic carbocycles. The Morgan fingerprint density at radius 2 is 2.11 bits per heavy atom. The number of amides is 1. The molecule has 0 bridgehead atoms. The molecule has 0 aromatic carbocycles. The third-order valence-electron chi connectivity index (χ3n) is 3.92. The predicted octanol–water partition coefficient (Wildman–Crippen LogP) is 1.15. The van der Waals surface area contributed by atoms with Crippen LogP contribution in [0, 0.1) is 5.92 Å². The van der Waals surface area contributed by atoms with Crippen LogP contribution in [0.5, 0.6) is 5.75 Å². The number of aromatic nitrogens is 1. The van der Waals surface area contributed by atoms with Crippen LogP contribution in [0.4, 0.5) is 5.82 Å². The first-order valence-electron chi connectivity index (χ1n) is 6.82. The molecule has 0 radical (unpaired) electrons. The van der Waals surface area contributed by atoms with E-state index in [1.165, 1.54) is 0 Å². The second-order valence-electron chi connectivity index (χ2n) is 5.16. The summed E-state index contributed by atoms with van der Waals surface area (Å²) >= 11 is 0. The van der Waals surface area contributed by atoms with Gasteiger partial charge in [-0.25, -0.2) is 4.98 Å². The molecule has 0 unspecified atom stereocenters. The molecule has 3 heterocycles. The molecule has 1 amide bonds. The van der Waals surface area contributed by atoms with Gasteiger partial charge >= 0.3 is 0 Å². The molecule has 2 aliphatic heterocycles. The van der Waals surface area contributed by atoms with Gasteiger partial charge in [0.1, 0.15) is 0 Å². The van der Waals surface area contributed by atoms with Crippen LogP contribution in [0.1, 0.15) is 12.8 Å². The lowest BCUT2D eigenvalue weighted by molar-refractivity contribution is -0.135. The van der Waals surface area contributed by atoms with E-state index in [2.05, 4.69) is 9.88 Å². The fraction of sp³-hybridized carbons (Fsp3) is 0.571. The maximum atomic E-state index is 12.2. The van der Waals surface area contributed by atoms with Crippen LogP contribution in [0.15, 0.2) is 18.3 Å². The minimum Gasteiger partial charge on any atom is -0.493 e. The number of hydrogen-bond acceptors (Lipinski definition) is 4. The van der Waals surface area contributed by atoms with Gasteiger partial charge in [-0.1, -0.05) is 0 Å². The van der Waals surface area contributed by atoms with Crippen molar-refractivity contribution in [3.63, 3.8) is 0 Å². The van der Waals surface area contributed by atoms with E-state index in [0.29, 0.717) is 5.91 Å². The Bertz CT molecular complexity index is 466. The molecule has 0 spiro atoms. The van der Waals surface area contributed by atoms with Crippen molar-refractivity contribution in [2.24, 2.45) is 5.92 Å². The third kappa shape index (κ3) is 2.25. The Morgan fingerprint density at radius 1 is 1.37 bits per heavy atom. The maximum Gasteiger partial charge on any atom is 0.229 e. The standard InChI is InChI=1S/C14H19N3O2/c1-19-12-5-4-6-15-13(12)17-9-11(10-17)14(18)16-7-2-3-8-16/h4-6,11H,2-3,7-10H2,1H3. The molecule has 0 N–H and O–H groups in total. The molecule has 5 nitrogen and oxygen atoms in total. The second-order valence-corrected chi connectivity index (χ2v) is 5.16. The molecule has 2 fully saturated rings. The van der Waals surface area contributed by atoms with Gasteiger partial charge in [0, 0.05) is 32.4 Å². The van der Waals surface area contributed by atoms with E-state index < -0.39 is 0 Å². The number of carbonyl (C=O) groups excluding carboxylic acids is 1. The lowest BCUT2D eigenvalue weighted by Gasteiger charge is -2.41. The van der Waals surface area contributed by atoms with Crippen LogP contribution < -0.4 is 9.64 Å². The summed E-state index contributed by atoms with van der Waals surface area (Å²) in [4.78, 5) is 20.7. The summed E-state index contributed by atoms with van der Waals surface area (Å²) in [7, 11) is 1.65. The Hall–Kier alpha value is -1.78. The predicted molar refractivity (Wildman–Crippen MR) is 72.3 cm³/mol. The normalized spacial score (nSPS) is 19.4. The van der Waals surface area contributed by atoms with Gasteiger partial charge in [-0.2, -0.15) is 0 Å².